The first-order chi connectivity index (χ1) is 10.8. The molecule has 4 heteroatoms. The molecule has 0 amide bonds. The van der Waals surface area contributed by atoms with Crippen molar-refractivity contribution in [3.8, 4) is 0 Å². The molecule has 1 saturated carbocycles. The van der Waals surface area contributed by atoms with Crippen LogP contribution in [0.5, 0.6) is 0 Å². The molecule has 2 fully saturated rings. The molecule has 1 saturated heterocycles. The predicted molar refractivity (Wildman–Crippen MR) is 89.7 cm³/mol. The van der Waals surface area contributed by atoms with Gasteiger partial charge in [-0.2, -0.15) is 0 Å². The fourth-order valence-electron chi connectivity index (χ4n) is 3.72. The molecule has 2 aliphatic rings. The van der Waals surface area contributed by atoms with Gasteiger partial charge in [-0.15, -0.1) is 0 Å². The number of rotatable bonds is 3. The van der Waals surface area contributed by atoms with Crippen molar-refractivity contribution >= 4 is 17.9 Å². The first kappa shape index (κ1) is 14.3. The second-order valence-electron chi connectivity index (χ2n) is 6.00. The van der Waals surface area contributed by atoms with Crippen LogP contribution in [0.4, 0.5) is 0 Å². The molecular weight excluding hydrogens is 295 g/mol. The maximum atomic E-state index is 6.66. The molecular formula is C18H21O3P. The first-order valence-electron chi connectivity index (χ1n) is 7.83. The zero-order valence-corrected chi connectivity index (χ0v) is 13.6. The molecule has 4 rings (SSSR count). The van der Waals surface area contributed by atoms with Gasteiger partial charge in [0, 0.05) is 0 Å². The van der Waals surface area contributed by atoms with Crippen LogP contribution in [0.15, 0.2) is 60.7 Å². The van der Waals surface area contributed by atoms with Gasteiger partial charge >= 0.3 is 131 Å². The van der Waals surface area contributed by atoms with Gasteiger partial charge in [0.2, 0.25) is 0 Å². The van der Waals surface area contributed by atoms with Crippen LogP contribution in [-0.2, 0) is 13.6 Å². The van der Waals surface area contributed by atoms with Crippen LogP contribution < -0.4 is 10.6 Å². The second-order valence-corrected chi connectivity index (χ2v) is 9.59. The van der Waals surface area contributed by atoms with E-state index in [0.29, 0.717) is 0 Å². The van der Waals surface area contributed by atoms with Crippen LogP contribution in [0.3, 0.4) is 0 Å². The summed E-state index contributed by atoms with van der Waals surface area (Å²) in [7, 11) is -1.80. The summed E-state index contributed by atoms with van der Waals surface area (Å²) in [5.74, 6) is 0. The van der Waals surface area contributed by atoms with Gasteiger partial charge in [0.25, 0.3) is 0 Å². The van der Waals surface area contributed by atoms with E-state index in [-0.39, 0.29) is 12.2 Å². The van der Waals surface area contributed by atoms with E-state index in [1.54, 1.807) is 7.11 Å². The molecule has 0 radical (unpaired) electrons. The van der Waals surface area contributed by atoms with Gasteiger partial charge in [-0.1, -0.05) is 0 Å². The summed E-state index contributed by atoms with van der Waals surface area (Å²) in [6.07, 6.45) is 3.51. The third-order valence-corrected chi connectivity index (χ3v) is 9.16. The van der Waals surface area contributed by atoms with E-state index in [0.717, 1.165) is 29.9 Å². The van der Waals surface area contributed by atoms with Gasteiger partial charge < -0.3 is 0 Å². The molecule has 116 valence electrons. The van der Waals surface area contributed by atoms with Crippen LogP contribution in [0.1, 0.15) is 19.3 Å². The minimum absolute atomic E-state index is 0.219. The van der Waals surface area contributed by atoms with Crippen LogP contribution in [0.2, 0.25) is 0 Å². The molecule has 2 atom stereocenters. The molecule has 1 aliphatic carbocycles. The van der Waals surface area contributed by atoms with E-state index >= 15 is 0 Å². The first-order valence-corrected chi connectivity index (χ1v) is 9.82. The van der Waals surface area contributed by atoms with Gasteiger partial charge in [-0.05, 0) is 0 Å². The van der Waals surface area contributed by atoms with Crippen molar-refractivity contribution in [2.75, 3.05) is 7.11 Å². The number of hydrogen-bond donors (Lipinski definition) is 0. The molecule has 2 unspecified atom stereocenters. The number of hydrogen-bond acceptors (Lipinski definition) is 3. The van der Waals surface area contributed by atoms with E-state index in [4.69, 9.17) is 13.6 Å². The molecule has 2 aromatic rings. The van der Waals surface area contributed by atoms with Crippen LogP contribution in [0, 0.1) is 0 Å². The Morgan fingerprint density at radius 2 is 1.27 bits per heavy atom. The summed E-state index contributed by atoms with van der Waals surface area (Å²) >= 11 is 0. The second kappa shape index (κ2) is 5.14. The molecule has 22 heavy (non-hydrogen) atoms. The van der Waals surface area contributed by atoms with E-state index in [1.807, 2.05) is 36.4 Å². The Hall–Kier alpha value is -1.25. The molecule has 3 nitrogen and oxygen atoms in total. The zero-order valence-electron chi connectivity index (χ0n) is 12.7. The van der Waals surface area contributed by atoms with Gasteiger partial charge in [-0.25, -0.2) is 0 Å². The molecule has 0 aromatic heterocycles. The Morgan fingerprint density at radius 1 is 0.818 bits per heavy atom. The van der Waals surface area contributed by atoms with Gasteiger partial charge in [0.1, 0.15) is 0 Å². The zero-order chi connectivity index (χ0) is 15.1. The predicted octanol–water partition coefficient (Wildman–Crippen LogP) is 3.55. The van der Waals surface area contributed by atoms with Crippen LogP contribution in [0.25, 0.3) is 0 Å². The Morgan fingerprint density at radius 3 is 1.68 bits per heavy atom. The fraction of sp³-hybridized carbons (Fsp3) is 0.333. The van der Waals surface area contributed by atoms with Crippen molar-refractivity contribution in [1.82, 2.24) is 0 Å². The summed E-state index contributed by atoms with van der Waals surface area (Å²) in [6, 6.07) is 20.4. The molecule has 2 aromatic carbocycles. The Kier molecular flexibility index (Phi) is 3.35. The van der Waals surface area contributed by atoms with Crippen LogP contribution in [-0.4, -0.2) is 19.3 Å². The average molecular weight is 316 g/mol. The standard InChI is InChI=1S/C18H21O3P/c1-19-22(17-8-4-2-5-9-17,18-10-6-3-7-11-18)20-15-12-13-16(14-15)21-22/h2-11,15-16H,12-14H2,1H3. The van der Waals surface area contributed by atoms with E-state index < -0.39 is 7.28 Å². The summed E-state index contributed by atoms with van der Waals surface area (Å²) < 4.78 is 19.5. The number of fused-ring (bicyclic) bond motifs is 2. The third-order valence-electron chi connectivity index (χ3n) is 4.75. The fourth-order valence-corrected chi connectivity index (χ4v) is 7.99. The van der Waals surface area contributed by atoms with Crippen molar-refractivity contribution in [3.63, 3.8) is 0 Å². The Bertz CT molecular complexity index is 603. The van der Waals surface area contributed by atoms with Crippen molar-refractivity contribution in [2.45, 2.75) is 31.5 Å². The summed E-state index contributed by atoms with van der Waals surface area (Å²) in [5.41, 5.74) is 0. The molecule has 0 N–H and O–H groups in total. The van der Waals surface area contributed by atoms with Crippen molar-refractivity contribution in [3.05, 3.63) is 60.7 Å². The molecule has 2 bridgehead atoms. The maximum absolute atomic E-state index is 6.66. The van der Waals surface area contributed by atoms with Gasteiger partial charge in [0.15, 0.2) is 0 Å². The third kappa shape index (κ3) is 1.90. The Balaban J connectivity index is 1.99. The normalized spacial score (nSPS) is 30.3. The SMILES string of the molecule is COP1(c2ccccc2)(c2ccccc2)OC2CCC(C2)O1. The van der Waals surface area contributed by atoms with E-state index in [1.165, 1.54) is 0 Å². The van der Waals surface area contributed by atoms with E-state index in [2.05, 4.69) is 24.3 Å². The Labute approximate surface area is 131 Å². The summed E-state index contributed by atoms with van der Waals surface area (Å²) in [4.78, 5) is 0. The van der Waals surface area contributed by atoms with Gasteiger partial charge in [-0.3, -0.25) is 0 Å². The summed E-state index contributed by atoms with van der Waals surface area (Å²) in [5, 5.41) is 2.03. The van der Waals surface area contributed by atoms with Crippen molar-refractivity contribution < 1.29 is 13.6 Å². The minimum atomic E-state index is -3.52. The summed E-state index contributed by atoms with van der Waals surface area (Å²) in [6.45, 7) is 0. The van der Waals surface area contributed by atoms with Crippen molar-refractivity contribution in [2.24, 2.45) is 0 Å². The molecule has 0 spiro atoms. The monoisotopic (exact) mass is 316 g/mol. The topological polar surface area (TPSA) is 27.7 Å². The van der Waals surface area contributed by atoms with E-state index in [9.17, 15) is 0 Å². The molecule has 1 heterocycles. The quantitative estimate of drug-likeness (QED) is 0.811. The molecule has 1 aliphatic heterocycles. The van der Waals surface area contributed by atoms with Crippen LogP contribution >= 0.6 is 7.28 Å². The van der Waals surface area contributed by atoms with Gasteiger partial charge in [0.05, 0.1) is 0 Å². The number of benzene rings is 2. The average Bonchev–Trinajstić information content (AvgIpc) is 2.95. The van der Waals surface area contributed by atoms with Crippen molar-refractivity contribution in [1.29, 1.82) is 0 Å².